The molecule has 10 heteroatoms. The second-order valence-corrected chi connectivity index (χ2v) is 20.2. The van der Waals surface area contributed by atoms with Gasteiger partial charge in [0.15, 0.2) is 0 Å². The number of benzene rings is 3. The van der Waals surface area contributed by atoms with E-state index in [-0.39, 0.29) is 15.0 Å². The van der Waals surface area contributed by atoms with Crippen LogP contribution in [0.5, 0.6) is 0 Å². The Kier molecular flexibility index (Phi) is 10.5. The highest BCUT2D eigenvalue weighted by Gasteiger charge is 2.43. The summed E-state index contributed by atoms with van der Waals surface area (Å²) in [5, 5.41) is 18.9. The summed E-state index contributed by atoms with van der Waals surface area (Å²) in [4.78, 5) is 41.3. The van der Waals surface area contributed by atoms with Crippen LogP contribution in [-0.4, -0.2) is 54.6 Å². The number of carboxylic acids is 2. The first kappa shape index (κ1) is 39.2. The third-order valence-electron chi connectivity index (χ3n) is 11.8. The average Bonchev–Trinajstić information content (AvgIpc) is 3.84. The van der Waals surface area contributed by atoms with E-state index in [2.05, 4.69) is 110 Å². The highest BCUT2D eigenvalue weighted by Crippen LogP contribution is 2.54. The Labute approximate surface area is 348 Å². The van der Waals surface area contributed by atoms with Crippen LogP contribution in [0.3, 0.4) is 0 Å². The van der Waals surface area contributed by atoms with Gasteiger partial charge >= 0.3 is 11.9 Å². The summed E-state index contributed by atoms with van der Waals surface area (Å²) in [7, 11) is 0. The van der Waals surface area contributed by atoms with Gasteiger partial charge in [0, 0.05) is 33.0 Å². The molecule has 57 heavy (non-hydrogen) atoms. The van der Waals surface area contributed by atoms with Gasteiger partial charge in [-0.3, -0.25) is 19.3 Å². The first-order chi connectivity index (χ1) is 27.2. The highest BCUT2D eigenvalue weighted by atomic mass is 32.2. The molecular weight excluding hydrogens is 769 g/mol. The number of amides is 1. The molecule has 2 heterocycles. The smallest absolute Gasteiger partial charge is 0.323 e. The van der Waals surface area contributed by atoms with Gasteiger partial charge in [-0.25, -0.2) is 0 Å². The molecule has 2 unspecified atom stereocenters. The first-order valence-corrected chi connectivity index (χ1v) is 21.6. The van der Waals surface area contributed by atoms with E-state index in [1.165, 1.54) is 44.8 Å². The zero-order valence-corrected chi connectivity index (χ0v) is 35.0. The fraction of sp³-hybridized carbons (Fsp3) is 0.319. The minimum Gasteiger partial charge on any atom is -0.481 e. The number of carbonyl (C=O) groups is 3. The van der Waals surface area contributed by atoms with Crippen LogP contribution in [0.1, 0.15) is 100.0 Å². The van der Waals surface area contributed by atoms with Crippen molar-refractivity contribution in [1.29, 1.82) is 0 Å². The molecule has 292 valence electrons. The Morgan fingerprint density at radius 3 is 2.37 bits per heavy atom. The largest absolute Gasteiger partial charge is 0.481 e. The quantitative estimate of drug-likeness (QED) is 0.111. The van der Waals surface area contributed by atoms with Crippen molar-refractivity contribution in [2.24, 2.45) is 5.41 Å². The van der Waals surface area contributed by atoms with E-state index in [0.29, 0.717) is 23.3 Å². The number of nitrogens with zero attached hydrogens (tertiary/aromatic N) is 2. The number of allylic oxidation sites excluding steroid dienone is 7. The van der Waals surface area contributed by atoms with Crippen molar-refractivity contribution in [2.45, 2.75) is 87.8 Å². The fourth-order valence-electron chi connectivity index (χ4n) is 8.65. The maximum absolute atomic E-state index is 13.0. The van der Waals surface area contributed by atoms with E-state index >= 15 is 0 Å². The lowest BCUT2D eigenvalue weighted by Gasteiger charge is -2.28. The van der Waals surface area contributed by atoms with Gasteiger partial charge in [-0.1, -0.05) is 92.8 Å². The average molecular weight is 815 g/mol. The summed E-state index contributed by atoms with van der Waals surface area (Å²) in [6, 6.07) is 22.4. The lowest BCUT2D eigenvalue weighted by molar-refractivity contribution is -0.147. The van der Waals surface area contributed by atoms with Crippen molar-refractivity contribution in [3.8, 4) is 0 Å². The number of thiocarbonyl (C=S) groups is 1. The maximum atomic E-state index is 13.0. The molecule has 8 rings (SSSR count). The van der Waals surface area contributed by atoms with E-state index < -0.39 is 23.9 Å². The molecule has 1 saturated heterocycles. The SMILES string of the molecule is CC(C)(CCC(C)(C)C(=O)O)Sc1ccc(/C=C2\C3=C(C=CCC=C3)c3ccc(N4c5ccc(/C=C6\SC(=S)N(CC(=O)O)C6=O)cc5C5CCCC54)cc32)cc1. The van der Waals surface area contributed by atoms with Gasteiger partial charge in [0.25, 0.3) is 5.91 Å². The molecule has 2 N–H and O–H groups in total. The lowest BCUT2D eigenvalue weighted by Crippen LogP contribution is -2.33. The minimum absolute atomic E-state index is 0.108. The topological polar surface area (TPSA) is 98.2 Å². The molecule has 0 spiro atoms. The van der Waals surface area contributed by atoms with Gasteiger partial charge in [-0.2, -0.15) is 0 Å². The van der Waals surface area contributed by atoms with E-state index in [9.17, 15) is 24.6 Å². The summed E-state index contributed by atoms with van der Waals surface area (Å²) in [6.45, 7) is 7.54. The molecule has 3 aromatic rings. The molecular formula is C47H46N2O5S3. The summed E-state index contributed by atoms with van der Waals surface area (Å²) in [6.07, 6.45) is 18.8. The van der Waals surface area contributed by atoms with E-state index in [1.807, 2.05) is 6.08 Å². The van der Waals surface area contributed by atoms with Crippen LogP contribution in [0.2, 0.25) is 0 Å². The lowest BCUT2D eigenvalue weighted by atomic mass is 9.85. The molecule has 0 radical (unpaired) electrons. The van der Waals surface area contributed by atoms with E-state index in [4.69, 9.17) is 12.2 Å². The van der Waals surface area contributed by atoms with Crippen molar-refractivity contribution in [3.05, 3.63) is 123 Å². The zero-order chi connectivity index (χ0) is 40.2. The molecule has 2 atom stereocenters. The fourth-order valence-corrected chi connectivity index (χ4v) is 11.0. The second-order valence-electron chi connectivity index (χ2n) is 16.7. The highest BCUT2D eigenvalue weighted by molar-refractivity contribution is 8.26. The van der Waals surface area contributed by atoms with Gasteiger partial charge in [-0.15, -0.1) is 11.8 Å². The van der Waals surface area contributed by atoms with E-state index in [1.54, 1.807) is 25.6 Å². The molecule has 5 aliphatic rings. The van der Waals surface area contributed by atoms with Gasteiger partial charge in [0.2, 0.25) is 0 Å². The Morgan fingerprint density at radius 1 is 0.895 bits per heavy atom. The predicted octanol–water partition coefficient (Wildman–Crippen LogP) is 11.3. The van der Waals surface area contributed by atoms with Gasteiger partial charge in [0.05, 0.1) is 10.3 Å². The Hall–Kier alpha value is -4.64. The molecule has 3 aliphatic carbocycles. The van der Waals surface area contributed by atoms with Crippen molar-refractivity contribution >= 4 is 92.6 Å². The first-order valence-electron chi connectivity index (χ1n) is 19.6. The maximum Gasteiger partial charge on any atom is 0.323 e. The van der Waals surface area contributed by atoms with Crippen LogP contribution >= 0.6 is 35.7 Å². The summed E-state index contributed by atoms with van der Waals surface area (Å²) in [5.74, 6) is -1.83. The summed E-state index contributed by atoms with van der Waals surface area (Å²) >= 11 is 8.28. The third-order valence-corrected chi connectivity index (χ3v) is 14.4. The number of carbonyl (C=O) groups excluding carboxylic acids is 1. The zero-order valence-electron chi connectivity index (χ0n) is 32.6. The summed E-state index contributed by atoms with van der Waals surface area (Å²) < 4.78 is 0.161. The second kappa shape index (κ2) is 15.3. The van der Waals surface area contributed by atoms with E-state index in [0.717, 1.165) is 64.8 Å². The molecule has 0 bridgehead atoms. The molecule has 1 amide bonds. The molecule has 2 aliphatic heterocycles. The molecule has 2 fully saturated rings. The number of hydrogen-bond acceptors (Lipinski definition) is 7. The van der Waals surface area contributed by atoms with Gasteiger partial charge in [-0.05, 0) is 139 Å². The van der Waals surface area contributed by atoms with Gasteiger partial charge in [0.1, 0.15) is 10.9 Å². The van der Waals surface area contributed by atoms with Crippen LogP contribution in [0.4, 0.5) is 11.4 Å². The number of fused-ring (bicyclic) bond motifs is 5. The van der Waals surface area contributed by atoms with Crippen LogP contribution < -0.4 is 4.90 Å². The van der Waals surface area contributed by atoms with Crippen molar-refractivity contribution < 1.29 is 24.6 Å². The predicted molar refractivity (Wildman–Crippen MR) is 238 cm³/mol. The Bertz CT molecular complexity index is 2370. The van der Waals surface area contributed by atoms with Crippen molar-refractivity contribution in [1.82, 2.24) is 4.90 Å². The Balaban J connectivity index is 1.09. The van der Waals surface area contributed by atoms with Crippen molar-refractivity contribution in [3.63, 3.8) is 0 Å². The normalized spacial score (nSPS) is 21.4. The number of rotatable bonds is 11. The Morgan fingerprint density at radius 2 is 1.63 bits per heavy atom. The standard InChI is InChI=1S/C47H46N2O5S3/c1-46(2,44(53)54)21-22-47(3,4)57-31-17-13-28(14-18-31)23-36-33-10-7-5-6-9-32(33)34-19-16-30(26-37(34)36)49-39-12-8-11-35(39)38-24-29(15-20-40(38)49)25-41-43(52)48(27-42(50)51)45(55)56-41/h6-7,9-10,13-20,23-26,35,39H,5,8,11-12,21-22,27H2,1-4H3,(H,50,51)(H,53,54)/b36-23+,41-25-. The molecule has 0 aromatic heterocycles. The number of hydrogen-bond donors (Lipinski definition) is 2. The summed E-state index contributed by atoms with van der Waals surface area (Å²) in [5.41, 5.74) is 11.1. The van der Waals surface area contributed by atoms with Crippen LogP contribution in [0.15, 0.2) is 100 Å². The number of carboxylic acid groups (broad SMARTS) is 2. The van der Waals surface area contributed by atoms with Crippen LogP contribution in [-0.2, 0) is 14.4 Å². The monoisotopic (exact) mass is 814 g/mol. The van der Waals surface area contributed by atoms with Crippen LogP contribution in [0, 0.1) is 5.41 Å². The molecule has 1 saturated carbocycles. The van der Waals surface area contributed by atoms with Gasteiger partial charge < -0.3 is 15.1 Å². The number of thioether (sulfide) groups is 2. The third kappa shape index (κ3) is 7.71. The van der Waals surface area contributed by atoms with Crippen molar-refractivity contribution in [2.75, 3.05) is 11.4 Å². The molecule has 7 nitrogen and oxygen atoms in total. The minimum atomic E-state index is -1.09. The number of aliphatic carboxylic acids is 2. The number of anilines is 2. The molecule has 3 aromatic carbocycles. The van der Waals surface area contributed by atoms with Crippen LogP contribution in [0.25, 0.3) is 23.3 Å².